The topological polar surface area (TPSA) is 85.2 Å². The lowest BCUT2D eigenvalue weighted by Crippen LogP contribution is -2.49. The molecular formula is C16H26N4O3S. The van der Waals surface area contributed by atoms with Crippen LogP contribution in [0.3, 0.4) is 0 Å². The minimum Gasteiger partial charge on any atom is -0.331 e. The highest BCUT2D eigenvalue weighted by molar-refractivity contribution is 7.93. The van der Waals surface area contributed by atoms with Crippen LogP contribution in [0.2, 0.25) is 0 Å². The number of fused-ring (bicyclic) bond motifs is 1. The molecule has 0 spiro atoms. The highest BCUT2D eigenvalue weighted by Crippen LogP contribution is 2.40. The zero-order valence-electron chi connectivity index (χ0n) is 15.0. The number of rotatable bonds is 2. The van der Waals surface area contributed by atoms with Gasteiger partial charge in [0.2, 0.25) is 5.91 Å². The summed E-state index contributed by atoms with van der Waals surface area (Å²) in [5.41, 5.74) is 0. The second-order valence-electron chi connectivity index (χ2n) is 7.69. The van der Waals surface area contributed by atoms with Gasteiger partial charge in [-0.2, -0.15) is 0 Å². The van der Waals surface area contributed by atoms with Crippen LogP contribution in [0.25, 0.3) is 0 Å². The second kappa shape index (κ2) is 5.54. The Labute approximate surface area is 143 Å². The van der Waals surface area contributed by atoms with Crippen LogP contribution in [0, 0.1) is 5.92 Å². The molecule has 7 nitrogen and oxygen atoms in total. The van der Waals surface area contributed by atoms with Crippen LogP contribution in [0.5, 0.6) is 0 Å². The fraction of sp³-hybridized carbons (Fsp3) is 0.812. The van der Waals surface area contributed by atoms with Crippen LogP contribution in [0.4, 0.5) is 0 Å². The van der Waals surface area contributed by atoms with Gasteiger partial charge in [-0.1, -0.05) is 13.8 Å². The third kappa shape index (κ3) is 2.37. The first kappa shape index (κ1) is 17.4. The Morgan fingerprint density at radius 1 is 1.25 bits per heavy atom. The molecule has 0 saturated carbocycles. The molecule has 1 aromatic heterocycles. The van der Waals surface area contributed by atoms with E-state index in [4.69, 9.17) is 0 Å². The van der Waals surface area contributed by atoms with Crippen LogP contribution < -0.4 is 0 Å². The number of carbonyl (C=O) groups excluding carboxylic acids is 1. The van der Waals surface area contributed by atoms with Gasteiger partial charge in [0.05, 0.1) is 22.5 Å². The van der Waals surface area contributed by atoms with Crippen molar-refractivity contribution in [3.8, 4) is 0 Å². The van der Waals surface area contributed by atoms with Gasteiger partial charge in [-0.05, 0) is 27.2 Å². The molecule has 0 N–H and O–H groups in total. The normalized spacial score (nSPS) is 28.2. The SMILES string of the molecule is CC(C)c1nnc2n1CCN(C(=O)C1CCS(=O)(=O)C1(C)C)C2C. The van der Waals surface area contributed by atoms with E-state index in [0.29, 0.717) is 19.5 Å². The van der Waals surface area contributed by atoms with Crippen molar-refractivity contribution in [1.82, 2.24) is 19.7 Å². The van der Waals surface area contributed by atoms with E-state index in [-0.39, 0.29) is 23.6 Å². The number of carbonyl (C=O) groups is 1. The molecule has 0 radical (unpaired) electrons. The van der Waals surface area contributed by atoms with Gasteiger partial charge in [0, 0.05) is 19.0 Å². The van der Waals surface area contributed by atoms with Crippen LogP contribution in [-0.4, -0.2) is 51.0 Å². The summed E-state index contributed by atoms with van der Waals surface area (Å²) >= 11 is 0. The Hall–Kier alpha value is -1.44. The minimum absolute atomic E-state index is 0.0751. The molecule has 0 bridgehead atoms. The Bertz CT molecular complexity index is 766. The maximum Gasteiger partial charge on any atom is 0.227 e. The molecule has 3 rings (SSSR count). The van der Waals surface area contributed by atoms with Crippen molar-refractivity contribution in [1.29, 1.82) is 0 Å². The van der Waals surface area contributed by atoms with E-state index in [9.17, 15) is 13.2 Å². The van der Waals surface area contributed by atoms with Crippen LogP contribution in [-0.2, 0) is 21.2 Å². The van der Waals surface area contributed by atoms with Crippen molar-refractivity contribution in [2.45, 2.75) is 64.3 Å². The van der Waals surface area contributed by atoms with E-state index in [1.54, 1.807) is 18.7 Å². The van der Waals surface area contributed by atoms with Crippen molar-refractivity contribution in [2.75, 3.05) is 12.3 Å². The molecule has 0 aromatic carbocycles. The number of hydrogen-bond acceptors (Lipinski definition) is 5. The third-order valence-corrected chi connectivity index (χ3v) is 8.29. The van der Waals surface area contributed by atoms with Gasteiger partial charge in [0.25, 0.3) is 0 Å². The van der Waals surface area contributed by atoms with Crippen LogP contribution in [0.1, 0.15) is 64.6 Å². The molecular weight excluding hydrogens is 328 g/mol. The van der Waals surface area contributed by atoms with Crippen molar-refractivity contribution in [3.05, 3.63) is 11.6 Å². The summed E-state index contributed by atoms with van der Waals surface area (Å²) in [4.78, 5) is 14.8. The lowest BCUT2D eigenvalue weighted by Gasteiger charge is -2.37. The third-order valence-electron chi connectivity index (χ3n) is 5.63. The summed E-state index contributed by atoms with van der Waals surface area (Å²) in [5, 5.41) is 8.55. The first-order chi connectivity index (χ1) is 11.1. The van der Waals surface area contributed by atoms with E-state index in [0.717, 1.165) is 11.6 Å². The number of nitrogens with zero attached hydrogens (tertiary/aromatic N) is 4. The Balaban J connectivity index is 1.88. The number of amides is 1. The molecule has 2 unspecified atom stereocenters. The molecule has 0 aliphatic carbocycles. The first-order valence-electron chi connectivity index (χ1n) is 8.53. The van der Waals surface area contributed by atoms with Crippen molar-refractivity contribution < 1.29 is 13.2 Å². The van der Waals surface area contributed by atoms with Gasteiger partial charge >= 0.3 is 0 Å². The fourth-order valence-corrected chi connectivity index (χ4v) is 5.58. The maximum atomic E-state index is 13.1. The van der Waals surface area contributed by atoms with E-state index >= 15 is 0 Å². The van der Waals surface area contributed by atoms with Gasteiger partial charge in [0.15, 0.2) is 15.7 Å². The summed E-state index contributed by atoms with van der Waals surface area (Å²) < 4.78 is 25.6. The molecule has 8 heteroatoms. The number of hydrogen-bond donors (Lipinski definition) is 0. The van der Waals surface area contributed by atoms with Gasteiger partial charge in [-0.25, -0.2) is 8.42 Å². The molecule has 1 saturated heterocycles. The summed E-state index contributed by atoms with van der Waals surface area (Å²) in [6, 6.07) is -0.189. The average molecular weight is 354 g/mol. The number of aromatic nitrogens is 3. The second-order valence-corrected chi connectivity index (χ2v) is 10.4. The predicted octanol–water partition coefficient (Wildman–Crippen LogP) is 1.52. The van der Waals surface area contributed by atoms with Crippen molar-refractivity contribution in [2.24, 2.45) is 5.92 Å². The zero-order valence-corrected chi connectivity index (χ0v) is 15.8. The predicted molar refractivity (Wildman–Crippen MR) is 90.2 cm³/mol. The van der Waals surface area contributed by atoms with E-state index in [2.05, 4.69) is 28.6 Å². The van der Waals surface area contributed by atoms with Crippen LogP contribution in [0.15, 0.2) is 0 Å². The standard InChI is InChI=1S/C16H26N4O3S/c1-10(2)13-17-18-14-11(3)19(7-8-20(13)14)15(21)12-6-9-24(22,23)16(12,4)5/h10-12H,6-9H2,1-5H3. The molecule has 1 fully saturated rings. The molecule has 134 valence electrons. The van der Waals surface area contributed by atoms with Crippen molar-refractivity contribution in [3.63, 3.8) is 0 Å². The Morgan fingerprint density at radius 3 is 2.46 bits per heavy atom. The van der Waals surface area contributed by atoms with Gasteiger partial charge in [-0.3, -0.25) is 4.79 Å². The monoisotopic (exact) mass is 354 g/mol. The molecule has 24 heavy (non-hydrogen) atoms. The van der Waals surface area contributed by atoms with E-state index < -0.39 is 20.5 Å². The quantitative estimate of drug-likeness (QED) is 0.804. The highest BCUT2D eigenvalue weighted by atomic mass is 32.2. The van der Waals surface area contributed by atoms with Gasteiger partial charge in [0.1, 0.15) is 5.82 Å². The highest BCUT2D eigenvalue weighted by Gasteiger charge is 2.52. The molecule has 2 aliphatic heterocycles. The summed E-state index contributed by atoms with van der Waals surface area (Å²) in [5.74, 6) is 1.54. The van der Waals surface area contributed by atoms with E-state index in [1.165, 1.54) is 0 Å². The largest absolute Gasteiger partial charge is 0.331 e. The van der Waals surface area contributed by atoms with E-state index in [1.807, 2.05) is 6.92 Å². The zero-order chi connectivity index (χ0) is 17.9. The molecule has 1 amide bonds. The summed E-state index contributed by atoms with van der Waals surface area (Å²) in [7, 11) is -3.22. The fourth-order valence-electron chi connectivity index (χ4n) is 3.86. The lowest BCUT2D eigenvalue weighted by molar-refractivity contribution is -0.139. The maximum absolute atomic E-state index is 13.1. The van der Waals surface area contributed by atoms with Gasteiger partial charge < -0.3 is 9.47 Å². The summed E-state index contributed by atoms with van der Waals surface area (Å²) in [6.45, 7) is 10.7. The Morgan fingerprint density at radius 2 is 1.92 bits per heavy atom. The number of sulfone groups is 1. The van der Waals surface area contributed by atoms with Gasteiger partial charge in [-0.15, -0.1) is 10.2 Å². The average Bonchev–Trinajstić information content (AvgIpc) is 2.99. The lowest BCUT2D eigenvalue weighted by atomic mass is 9.90. The molecule has 2 atom stereocenters. The molecule has 2 aliphatic rings. The molecule has 3 heterocycles. The summed E-state index contributed by atoms with van der Waals surface area (Å²) in [6.07, 6.45) is 0.404. The molecule has 1 aromatic rings. The van der Waals surface area contributed by atoms with Crippen LogP contribution >= 0.6 is 0 Å². The Kier molecular flexibility index (Phi) is 4.01. The minimum atomic E-state index is -3.22. The first-order valence-corrected chi connectivity index (χ1v) is 10.2. The smallest absolute Gasteiger partial charge is 0.227 e. The van der Waals surface area contributed by atoms with Crippen molar-refractivity contribution >= 4 is 15.7 Å².